The minimum absolute atomic E-state index is 0.0805. The first kappa shape index (κ1) is 14.2. The molecule has 0 aliphatic rings. The molecule has 96 valence electrons. The predicted molar refractivity (Wildman–Crippen MR) is 70.3 cm³/mol. The number of hydrogen-bond donors (Lipinski definition) is 1. The smallest absolute Gasteiger partial charge is 0.230 e. The number of nitriles is 1. The quantitative estimate of drug-likeness (QED) is 0.800. The van der Waals surface area contributed by atoms with Crippen LogP contribution in [0.2, 0.25) is 0 Å². The molecule has 0 spiro atoms. The normalized spacial score (nSPS) is 10.8. The maximum atomic E-state index is 12.3. The number of carbonyl (C=O) groups excluding carboxylic acids is 1. The zero-order valence-corrected chi connectivity index (χ0v) is 10.9. The second-order valence-electron chi connectivity index (χ2n) is 4.89. The SMILES string of the molecule is CC(C)(CN)C(=O)N(CC#N)Cc1ccccc1. The Labute approximate surface area is 108 Å². The summed E-state index contributed by atoms with van der Waals surface area (Å²) in [4.78, 5) is 13.8. The molecule has 0 radical (unpaired) electrons. The first-order chi connectivity index (χ1) is 8.51. The van der Waals surface area contributed by atoms with Crippen LogP contribution in [-0.2, 0) is 11.3 Å². The Morgan fingerprint density at radius 2 is 2.00 bits per heavy atom. The van der Waals surface area contributed by atoms with Crippen LogP contribution in [-0.4, -0.2) is 23.9 Å². The monoisotopic (exact) mass is 245 g/mol. The predicted octanol–water partition coefficient (Wildman–Crippen LogP) is 1.52. The van der Waals surface area contributed by atoms with Crippen molar-refractivity contribution in [3.8, 4) is 6.07 Å². The number of nitrogens with zero attached hydrogens (tertiary/aromatic N) is 2. The van der Waals surface area contributed by atoms with E-state index in [4.69, 9.17) is 11.0 Å². The molecule has 1 aromatic carbocycles. The number of rotatable bonds is 5. The summed E-state index contributed by atoms with van der Waals surface area (Å²) < 4.78 is 0. The van der Waals surface area contributed by atoms with Gasteiger partial charge in [0.2, 0.25) is 5.91 Å². The number of carbonyl (C=O) groups is 1. The first-order valence-electron chi connectivity index (χ1n) is 5.91. The molecule has 1 rings (SSSR count). The van der Waals surface area contributed by atoms with Crippen LogP contribution in [0.4, 0.5) is 0 Å². The summed E-state index contributed by atoms with van der Waals surface area (Å²) >= 11 is 0. The molecule has 0 aliphatic carbocycles. The highest BCUT2D eigenvalue weighted by Gasteiger charge is 2.30. The zero-order chi connectivity index (χ0) is 13.6. The molecule has 0 aromatic heterocycles. The molecule has 4 nitrogen and oxygen atoms in total. The van der Waals surface area contributed by atoms with E-state index in [0.29, 0.717) is 6.54 Å². The van der Waals surface area contributed by atoms with Gasteiger partial charge in [0.15, 0.2) is 0 Å². The highest BCUT2D eigenvalue weighted by atomic mass is 16.2. The summed E-state index contributed by atoms with van der Waals surface area (Å²) in [7, 11) is 0. The lowest BCUT2D eigenvalue weighted by Gasteiger charge is -2.29. The van der Waals surface area contributed by atoms with Crippen LogP contribution in [0.25, 0.3) is 0 Å². The van der Waals surface area contributed by atoms with Gasteiger partial charge in [-0.2, -0.15) is 5.26 Å². The van der Waals surface area contributed by atoms with Crippen LogP contribution in [0.15, 0.2) is 30.3 Å². The van der Waals surface area contributed by atoms with Gasteiger partial charge in [-0.3, -0.25) is 4.79 Å². The van der Waals surface area contributed by atoms with Crippen molar-refractivity contribution in [3.05, 3.63) is 35.9 Å². The zero-order valence-electron chi connectivity index (χ0n) is 10.9. The van der Waals surface area contributed by atoms with Crippen molar-refractivity contribution >= 4 is 5.91 Å². The van der Waals surface area contributed by atoms with Gasteiger partial charge in [-0.05, 0) is 19.4 Å². The van der Waals surface area contributed by atoms with Crippen molar-refractivity contribution in [2.45, 2.75) is 20.4 Å². The average Bonchev–Trinajstić information content (AvgIpc) is 2.38. The molecule has 0 atom stereocenters. The summed E-state index contributed by atoms with van der Waals surface area (Å²) in [6.45, 7) is 4.38. The Balaban J connectivity index is 2.84. The molecule has 0 heterocycles. The molecule has 0 saturated heterocycles. The van der Waals surface area contributed by atoms with Crippen molar-refractivity contribution < 1.29 is 4.79 Å². The van der Waals surface area contributed by atoms with Crippen LogP contribution in [0.3, 0.4) is 0 Å². The average molecular weight is 245 g/mol. The van der Waals surface area contributed by atoms with Gasteiger partial charge in [-0.25, -0.2) is 0 Å². The fourth-order valence-electron chi connectivity index (χ4n) is 1.60. The lowest BCUT2D eigenvalue weighted by atomic mass is 9.91. The van der Waals surface area contributed by atoms with Gasteiger partial charge < -0.3 is 10.6 Å². The second kappa shape index (κ2) is 6.18. The molecule has 18 heavy (non-hydrogen) atoms. The maximum absolute atomic E-state index is 12.3. The van der Waals surface area contributed by atoms with Crippen LogP contribution in [0.1, 0.15) is 19.4 Å². The Morgan fingerprint density at radius 1 is 1.39 bits per heavy atom. The molecule has 0 aliphatic heterocycles. The largest absolute Gasteiger partial charge is 0.329 e. The minimum Gasteiger partial charge on any atom is -0.329 e. The highest BCUT2D eigenvalue weighted by molar-refractivity contribution is 5.82. The van der Waals surface area contributed by atoms with Crippen molar-refractivity contribution in [2.75, 3.05) is 13.1 Å². The Hall–Kier alpha value is -1.86. The van der Waals surface area contributed by atoms with Gasteiger partial charge in [0.05, 0.1) is 11.5 Å². The highest BCUT2D eigenvalue weighted by Crippen LogP contribution is 2.18. The van der Waals surface area contributed by atoms with Crippen molar-refractivity contribution in [2.24, 2.45) is 11.1 Å². The van der Waals surface area contributed by atoms with Crippen molar-refractivity contribution in [3.63, 3.8) is 0 Å². The van der Waals surface area contributed by atoms with Crippen LogP contribution in [0.5, 0.6) is 0 Å². The topological polar surface area (TPSA) is 70.1 Å². The van der Waals surface area contributed by atoms with E-state index in [2.05, 4.69) is 0 Å². The van der Waals surface area contributed by atoms with E-state index in [0.717, 1.165) is 5.56 Å². The third-order valence-electron chi connectivity index (χ3n) is 2.85. The number of benzene rings is 1. The number of amides is 1. The van der Waals surface area contributed by atoms with E-state index in [1.165, 1.54) is 0 Å². The van der Waals surface area contributed by atoms with E-state index in [9.17, 15) is 4.79 Å². The second-order valence-corrected chi connectivity index (χ2v) is 4.89. The summed E-state index contributed by atoms with van der Waals surface area (Å²) in [6, 6.07) is 11.7. The van der Waals surface area contributed by atoms with Crippen LogP contribution in [0, 0.1) is 16.7 Å². The Bertz CT molecular complexity index is 434. The molecular weight excluding hydrogens is 226 g/mol. The minimum atomic E-state index is -0.633. The maximum Gasteiger partial charge on any atom is 0.230 e. The third kappa shape index (κ3) is 3.57. The van der Waals surface area contributed by atoms with Gasteiger partial charge in [-0.1, -0.05) is 30.3 Å². The summed E-state index contributed by atoms with van der Waals surface area (Å²) in [5.74, 6) is -0.0876. The molecule has 0 bridgehead atoms. The van der Waals surface area contributed by atoms with Gasteiger partial charge in [0, 0.05) is 13.1 Å². The molecule has 0 saturated carbocycles. The lowest BCUT2D eigenvalue weighted by molar-refractivity contribution is -0.139. The molecule has 2 N–H and O–H groups in total. The van der Waals surface area contributed by atoms with Crippen molar-refractivity contribution in [1.29, 1.82) is 5.26 Å². The Morgan fingerprint density at radius 3 is 2.50 bits per heavy atom. The first-order valence-corrected chi connectivity index (χ1v) is 5.91. The summed E-state index contributed by atoms with van der Waals surface area (Å²) in [5.41, 5.74) is 5.98. The number of nitrogens with two attached hydrogens (primary N) is 1. The molecule has 0 fully saturated rings. The molecule has 1 aromatic rings. The van der Waals surface area contributed by atoms with Gasteiger partial charge in [0.1, 0.15) is 6.54 Å². The molecule has 0 unspecified atom stereocenters. The van der Waals surface area contributed by atoms with E-state index in [1.807, 2.05) is 36.4 Å². The van der Waals surface area contributed by atoms with Gasteiger partial charge >= 0.3 is 0 Å². The van der Waals surface area contributed by atoms with Gasteiger partial charge in [0.25, 0.3) is 0 Å². The van der Waals surface area contributed by atoms with E-state index < -0.39 is 5.41 Å². The fourth-order valence-corrected chi connectivity index (χ4v) is 1.60. The van der Waals surface area contributed by atoms with Crippen LogP contribution >= 0.6 is 0 Å². The number of hydrogen-bond acceptors (Lipinski definition) is 3. The van der Waals surface area contributed by atoms with E-state index in [1.54, 1.807) is 18.7 Å². The standard InChI is InChI=1S/C14H19N3O/c1-14(2,11-16)13(18)17(9-8-15)10-12-6-4-3-5-7-12/h3-7H,9-11,16H2,1-2H3. The fraction of sp³-hybridized carbons (Fsp3) is 0.429. The molecule has 1 amide bonds. The molecular formula is C14H19N3O. The van der Waals surface area contributed by atoms with Crippen LogP contribution < -0.4 is 5.73 Å². The van der Waals surface area contributed by atoms with Crippen molar-refractivity contribution in [1.82, 2.24) is 4.90 Å². The summed E-state index contributed by atoms with van der Waals surface area (Å²) in [6.07, 6.45) is 0. The molecule has 4 heteroatoms. The lowest BCUT2D eigenvalue weighted by Crippen LogP contribution is -2.44. The third-order valence-corrected chi connectivity index (χ3v) is 2.85. The Kier molecular flexibility index (Phi) is 4.87. The van der Waals surface area contributed by atoms with Gasteiger partial charge in [-0.15, -0.1) is 0 Å². The summed E-state index contributed by atoms with van der Waals surface area (Å²) in [5, 5.41) is 8.83. The van der Waals surface area contributed by atoms with E-state index in [-0.39, 0.29) is 19.0 Å². The van der Waals surface area contributed by atoms with E-state index >= 15 is 0 Å².